The second kappa shape index (κ2) is 10.6. The van der Waals surface area contributed by atoms with Gasteiger partial charge in [0.25, 0.3) is 5.91 Å². The molecule has 0 saturated heterocycles. The van der Waals surface area contributed by atoms with Gasteiger partial charge in [0.15, 0.2) is 5.76 Å². The average Bonchev–Trinajstić information content (AvgIpc) is 3.32. The van der Waals surface area contributed by atoms with Gasteiger partial charge in [-0.2, -0.15) is 4.31 Å². The van der Waals surface area contributed by atoms with Crippen molar-refractivity contribution < 1.29 is 26.8 Å². The summed E-state index contributed by atoms with van der Waals surface area (Å²) in [5.41, 5.74) is 1.93. The minimum Gasteiger partial charge on any atom is -0.459 e. The normalized spacial score (nSPS) is 11.5. The van der Waals surface area contributed by atoms with Crippen molar-refractivity contribution in [3.63, 3.8) is 0 Å². The molecule has 3 aromatic rings. The summed E-state index contributed by atoms with van der Waals surface area (Å²) in [6.07, 6.45) is 1.41. The van der Waals surface area contributed by atoms with Crippen LogP contribution in [0.25, 0.3) is 0 Å². The number of hydrogen-bond donors (Lipinski definition) is 1. The molecule has 0 radical (unpaired) electrons. The molecule has 0 fully saturated rings. The van der Waals surface area contributed by atoms with Crippen molar-refractivity contribution in [1.29, 1.82) is 0 Å². The van der Waals surface area contributed by atoms with Crippen LogP contribution in [0.1, 0.15) is 16.1 Å². The first-order chi connectivity index (χ1) is 15.7. The Kier molecular flexibility index (Phi) is 7.85. The lowest BCUT2D eigenvalue weighted by Gasteiger charge is -2.25. The number of carbonyl (C=O) groups is 1. The summed E-state index contributed by atoms with van der Waals surface area (Å²) in [4.78, 5) is 14.2. The number of sulfonamides is 1. The maximum atomic E-state index is 13.3. The lowest BCUT2D eigenvalue weighted by atomic mass is 10.1. The summed E-state index contributed by atoms with van der Waals surface area (Å²) in [6.45, 7) is 0.278. The third-order valence-corrected chi connectivity index (χ3v) is 6.77. The average molecular weight is 476 g/mol. The fourth-order valence-electron chi connectivity index (χ4n) is 3.25. The van der Waals surface area contributed by atoms with Crippen LogP contribution in [0.3, 0.4) is 0 Å². The first kappa shape index (κ1) is 24.4. The maximum absolute atomic E-state index is 13.3. The zero-order valence-electron chi connectivity index (χ0n) is 18.6. The highest BCUT2D eigenvalue weighted by atomic mass is 32.2. The van der Waals surface area contributed by atoms with Gasteiger partial charge in [0.2, 0.25) is 10.0 Å². The van der Waals surface area contributed by atoms with Crippen LogP contribution in [0.5, 0.6) is 0 Å². The van der Waals surface area contributed by atoms with E-state index >= 15 is 0 Å². The molecule has 8 nitrogen and oxygen atoms in total. The van der Waals surface area contributed by atoms with E-state index in [1.807, 2.05) is 19.0 Å². The fraction of sp³-hybridized carbons (Fsp3) is 0.261. The lowest BCUT2D eigenvalue weighted by molar-refractivity contribution is 0.0996. The molecule has 1 amide bonds. The van der Waals surface area contributed by atoms with E-state index in [0.717, 1.165) is 17.8 Å². The van der Waals surface area contributed by atoms with E-state index in [4.69, 9.17) is 9.15 Å². The summed E-state index contributed by atoms with van der Waals surface area (Å²) < 4.78 is 51.5. The highest BCUT2D eigenvalue weighted by molar-refractivity contribution is 7.89. The monoisotopic (exact) mass is 475 g/mol. The van der Waals surface area contributed by atoms with Gasteiger partial charge in [0.1, 0.15) is 5.82 Å². The molecular formula is C23H26FN3O5S. The van der Waals surface area contributed by atoms with Crippen molar-refractivity contribution in [2.24, 2.45) is 0 Å². The molecule has 10 heteroatoms. The molecule has 0 aliphatic rings. The van der Waals surface area contributed by atoms with Crippen LogP contribution in [-0.2, 0) is 21.3 Å². The molecule has 1 heterocycles. The van der Waals surface area contributed by atoms with Gasteiger partial charge in [0, 0.05) is 45.7 Å². The summed E-state index contributed by atoms with van der Waals surface area (Å²) in [6, 6.07) is 13.1. The number of methoxy groups -OCH3 is 1. The van der Waals surface area contributed by atoms with E-state index in [-0.39, 0.29) is 30.4 Å². The number of carbonyl (C=O) groups excluding carboxylic acids is 1. The van der Waals surface area contributed by atoms with Gasteiger partial charge in [-0.25, -0.2) is 12.8 Å². The lowest BCUT2D eigenvalue weighted by Crippen LogP contribution is -2.34. The zero-order valence-corrected chi connectivity index (χ0v) is 19.4. The van der Waals surface area contributed by atoms with Gasteiger partial charge in [-0.15, -0.1) is 0 Å². The molecule has 0 aliphatic heterocycles. The van der Waals surface area contributed by atoms with E-state index in [9.17, 15) is 17.6 Å². The number of halogens is 1. The van der Waals surface area contributed by atoms with Crippen molar-refractivity contribution in [3.05, 3.63) is 78.0 Å². The summed E-state index contributed by atoms with van der Waals surface area (Å²) in [5, 5.41) is 2.76. The molecule has 33 heavy (non-hydrogen) atoms. The molecule has 176 valence electrons. The SMILES string of the molecule is COCCN(Cc1cc(NC(=O)c2ccco2)ccc1N(C)C)S(=O)(=O)c1ccc(F)cc1. The Morgan fingerprint density at radius 2 is 1.85 bits per heavy atom. The zero-order chi connectivity index (χ0) is 24.0. The third-order valence-electron chi connectivity index (χ3n) is 4.91. The third kappa shape index (κ3) is 5.98. The summed E-state index contributed by atoms with van der Waals surface area (Å²) in [7, 11) is 1.23. The van der Waals surface area contributed by atoms with E-state index in [2.05, 4.69) is 5.32 Å². The molecule has 0 spiro atoms. The summed E-state index contributed by atoms with van der Waals surface area (Å²) >= 11 is 0. The smallest absolute Gasteiger partial charge is 0.291 e. The number of anilines is 2. The van der Waals surface area contributed by atoms with Crippen molar-refractivity contribution in [2.45, 2.75) is 11.4 Å². The van der Waals surface area contributed by atoms with Crippen molar-refractivity contribution in [1.82, 2.24) is 4.31 Å². The number of amides is 1. The van der Waals surface area contributed by atoms with Gasteiger partial charge < -0.3 is 19.4 Å². The summed E-state index contributed by atoms with van der Waals surface area (Å²) in [5.74, 6) is -0.778. The Balaban J connectivity index is 1.94. The van der Waals surface area contributed by atoms with Gasteiger partial charge >= 0.3 is 0 Å². The first-order valence-corrected chi connectivity index (χ1v) is 11.6. The van der Waals surface area contributed by atoms with E-state index in [1.165, 1.54) is 29.8 Å². The highest BCUT2D eigenvalue weighted by Crippen LogP contribution is 2.27. The Bertz CT molecular complexity index is 1180. The topological polar surface area (TPSA) is 92.1 Å². The molecule has 0 unspecified atom stereocenters. The molecule has 2 aromatic carbocycles. The highest BCUT2D eigenvalue weighted by Gasteiger charge is 2.26. The van der Waals surface area contributed by atoms with Crippen molar-refractivity contribution >= 4 is 27.3 Å². The van der Waals surface area contributed by atoms with Crippen LogP contribution >= 0.6 is 0 Å². The predicted molar refractivity (Wildman–Crippen MR) is 123 cm³/mol. The number of nitrogens with one attached hydrogen (secondary N) is 1. The first-order valence-electron chi connectivity index (χ1n) is 10.1. The van der Waals surface area contributed by atoms with Gasteiger partial charge in [0.05, 0.1) is 17.8 Å². The van der Waals surface area contributed by atoms with Crippen LogP contribution in [-0.4, -0.2) is 53.0 Å². The minimum absolute atomic E-state index is 0.0149. The minimum atomic E-state index is -3.94. The molecule has 1 N–H and O–H groups in total. The molecule has 1 aromatic heterocycles. The second-order valence-electron chi connectivity index (χ2n) is 7.45. The Morgan fingerprint density at radius 3 is 2.45 bits per heavy atom. The standard InChI is InChI=1S/C23H26FN3O5S/c1-26(2)21-11-8-19(25-23(28)22-5-4-13-32-22)15-17(21)16-27(12-14-31-3)33(29,30)20-9-6-18(24)7-10-20/h4-11,13,15H,12,14,16H2,1-3H3,(H,25,28). The number of rotatable bonds is 10. The maximum Gasteiger partial charge on any atom is 0.291 e. The second-order valence-corrected chi connectivity index (χ2v) is 9.39. The number of benzene rings is 2. The molecule has 0 saturated carbocycles. The van der Waals surface area contributed by atoms with Gasteiger partial charge in [-0.1, -0.05) is 0 Å². The van der Waals surface area contributed by atoms with Crippen LogP contribution in [0, 0.1) is 5.82 Å². The molecule has 0 aliphatic carbocycles. The van der Waals surface area contributed by atoms with Gasteiger partial charge in [-0.3, -0.25) is 4.79 Å². The Hall–Kier alpha value is -3.21. The van der Waals surface area contributed by atoms with E-state index in [1.54, 1.807) is 30.3 Å². The molecular weight excluding hydrogens is 449 g/mol. The largest absolute Gasteiger partial charge is 0.459 e. The van der Waals surface area contributed by atoms with Crippen LogP contribution in [0.2, 0.25) is 0 Å². The predicted octanol–water partition coefficient (Wildman–Crippen LogP) is 3.57. The number of furan rings is 1. The van der Waals surface area contributed by atoms with E-state index < -0.39 is 21.7 Å². The quantitative estimate of drug-likeness (QED) is 0.482. The van der Waals surface area contributed by atoms with E-state index in [0.29, 0.717) is 11.3 Å². The van der Waals surface area contributed by atoms with Crippen LogP contribution < -0.4 is 10.2 Å². The molecule has 0 atom stereocenters. The van der Waals surface area contributed by atoms with Crippen molar-refractivity contribution in [2.75, 3.05) is 44.6 Å². The van der Waals surface area contributed by atoms with Gasteiger partial charge in [-0.05, 0) is 60.2 Å². The molecule has 0 bridgehead atoms. The number of ether oxygens (including phenoxy) is 1. The Labute approximate surface area is 192 Å². The van der Waals surface area contributed by atoms with Crippen LogP contribution in [0.15, 0.2) is 70.2 Å². The fourth-order valence-corrected chi connectivity index (χ4v) is 4.65. The van der Waals surface area contributed by atoms with Crippen LogP contribution in [0.4, 0.5) is 15.8 Å². The Morgan fingerprint density at radius 1 is 1.12 bits per heavy atom. The molecule has 3 rings (SSSR count). The van der Waals surface area contributed by atoms with Crippen molar-refractivity contribution in [3.8, 4) is 0 Å². The number of nitrogens with zero attached hydrogens (tertiary/aromatic N) is 2. The number of hydrogen-bond acceptors (Lipinski definition) is 6.